The SMILES string of the molecule is CCc1ccc(NCC(C)(C)CCC#N)cc1. The molecule has 92 valence electrons. The Balaban J connectivity index is 2.46. The van der Waals surface area contributed by atoms with Crippen molar-refractivity contribution in [3.8, 4) is 6.07 Å². The smallest absolute Gasteiger partial charge is 0.0621 e. The third kappa shape index (κ3) is 4.91. The van der Waals surface area contributed by atoms with Crippen LogP contribution in [0.4, 0.5) is 5.69 Å². The standard InChI is InChI=1S/C15H22N2/c1-4-13-6-8-14(9-7-13)17-12-15(2,3)10-5-11-16/h6-9,17H,4-5,10,12H2,1-3H3. The molecule has 1 aromatic carbocycles. The number of aryl methyl sites for hydroxylation is 1. The van der Waals surface area contributed by atoms with Gasteiger partial charge in [0.05, 0.1) is 6.07 Å². The van der Waals surface area contributed by atoms with Crippen LogP contribution >= 0.6 is 0 Å². The molecule has 0 aliphatic carbocycles. The van der Waals surface area contributed by atoms with Crippen LogP contribution in [0, 0.1) is 16.7 Å². The van der Waals surface area contributed by atoms with Crippen molar-refractivity contribution >= 4 is 5.69 Å². The van der Waals surface area contributed by atoms with Crippen molar-refractivity contribution in [2.75, 3.05) is 11.9 Å². The van der Waals surface area contributed by atoms with Crippen LogP contribution in [0.1, 0.15) is 39.2 Å². The Kier molecular flexibility index (Phi) is 5.03. The molecule has 0 aliphatic rings. The van der Waals surface area contributed by atoms with Crippen LogP contribution in [0.2, 0.25) is 0 Å². The maximum atomic E-state index is 8.60. The third-order valence-electron chi connectivity index (χ3n) is 3.05. The summed E-state index contributed by atoms with van der Waals surface area (Å²) in [6.07, 6.45) is 2.64. The molecule has 0 aliphatic heterocycles. The largest absolute Gasteiger partial charge is 0.385 e. The lowest BCUT2D eigenvalue weighted by molar-refractivity contribution is 0.364. The average molecular weight is 230 g/mol. The highest BCUT2D eigenvalue weighted by Gasteiger charge is 2.16. The molecule has 0 fully saturated rings. The van der Waals surface area contributed by atoms with Gasteiger partial charge in [-0.05, 0) is 36.0 Å². The normalized spacial score (nSPS) is 10.9. The molecule has 0 radical (unpaired) electrons. The minimum atomic E-state index is 0.166. The lowest BCUT2D eigenvalue weighted by Crippen LogP contribution is -2.22. The second-order valence-electron chi connectivity index (χ2n) is 5.23. The lowest BCUT2D eigenvalue weighted by atomic mass is 9.88. The van der Waals surface area contributed by atoms with E-state index in [1.807, 2.05) is 0 Å². The minimum absolute atomic E-state index is 0.166. The fraction of sp³-hybridized carbons (Fsp3) is 0.533. The second-order valence-corrected chi connectivity index (χ2v) is 5.23. The van der Waals surface area contributed by atoms with Gasteiger partial charge in [-0.2, -0.15) is 5.26 Å². The predicted molar refractivity (Wildman–Crippen MR) is 72.9 cm³/mol. The number of rotatable bonds is 6. The van der Waals surface area contributed by atoms with Crippen LogP contribution in [0.5, 0.6) is 0 Å². The summed E-state index contributed by atoms with van der Waals surface area (Å²) in [7, 11) is 0. The molecule has 0 bridgehead atoms. The molecule has 2 nitrogen and oxygen atoms in total. The number of nitriles is 1. The monoisotopic (exact) mass is 230 g/mol. The number of hydrogen-bond acceptors (Lipinski definition) is 2. The van der Waals surface area contributed by atoms with E-state index in [2.05, 4.69) is 56.4 Å². The van der Waals surface area contributed by atoms with Gasteiger partial charge < -0.3 is 5.32 Å². The molecule has 1 N–H and O–H groups in total. The van der Waals surface area contributed by atoms with E-state index >= 15 is 0 Å². The Bertz CT molecular complexity index is 371. The van der Waals surface area contributed by atoms with Gasteiger partial charge in [0, 0.05) is 18.7 Å². The fourth-order valence-corrected chi connectivity index (χ4v) is 1.68. The topological polar surface area (TPSA) is 35.8 Å². The molecule has 0 saturated carbocycles. The van der Waals surface area contributed by atoms with Crippen molar-refractivity contribution in [2.24, 2.45) is 5.41 Å². The zero-order valence-corrected chi connectivity index (χ0v) is 11.1. The first-order valence-electron chi connectivity index (χ1n) is 6.27. The van der Waals surface area contributed by atoms with Gasteiger partial charge in [0.15, 0.2) is 0 Å². The summed E-state index contributed by atoms with van der Waals surface area (Å²) in [6, 6.07) is 10.8. The molecule has 17 heavy (non-hydrogen) atoms. The maximum Gasteiger partial charge on any atom is 0.0621 e. The Morgan fingerprint density at radius 3 is 2.41 bits per heavy atom. The molecule has 0 unspecified atom stereocenters. The number of benzene rings is 1. The average Bonchev–Trinajstić information content (AvgIpc) is 2.35. The summed E-state index contributed by atoms with van der Waals surface area (Å²) in [5.41, 5.74) is 2.69. The van der Waals surface area contributed by atoms with Gasteiger partial charge in [0.1, 0.15) is 0 Å². The van der Waals surface area contributed by atoms with Crippen molar-refractivity contribution in [3.63, 3.8) is 0 Å². The van der Waals surface area contributed by atoms with Crippen LogP contribution in [0.3, 0.4) is 0 Å². The quantitative estimate of drug-likeness (QED) is 0.802. The Morgan fingerprint density at radius 1 is 1.24 bits per heavy atom. The summed E-state index contributed by atoms with van der Waals surface area (Å²) in [4.78, 5) is 0. The predicted octanol–water partition coefficient (Wildman–Crippen LogP) is 3.99. The van der Waals surface area contributed by atoms with Crippen LogP contribution < -0.4 is 5.32 Å². The van der Waals surface area contributed by atoms with E-state index in [0.29, 0.717) is 6.42 Å². The van der Waals surface area contributed by atoms with Crippen molar-refractivity contribution in [2.45, 2.75) is 40.0 Å². The van der Waals surface area contributed by atoms with Crippen LogP contribution in [0.25, 0.3) is 0 Å². The second kappa shape index (κ2) is 6.30. The van der Waals surface area contributed by atoms with Crippen molar-refractivity contribution in [1.82, 2.24) is 0 Å². The van der Waals surface area contributed by atoms with Gasteiger partial charge in [0.25, 0.3) is 0 Å². The lowest BCUT2D eigenvalue weighted by Gasteiger charge is -2.24. The number of nitrogens with one attached hydrogen (secondary N) is 1. The molecule has 0 aromatic heterocycles. The van der Waals surface area contributed by atoms with E-state index < -0.39 is 0 Å². The van der Waals surface area contributed by atoms with E-state index in [-0.39, 0.29) is 5.41 Å². The maximum absolute atomic E-state index is 8.60. The first-order chi connectivity index (χ1) is 8.07. The Morgan fingerprint density at radius 2 is 1.88 bits per heavy atom. The Hall–Kier alpha value is -1.49. The summed E-state index contributed by atoms with van der Waals surface area (Å²) in [5, 5.41) is 12.0. The molecule has 0 heterocycles. The van der Waals surface area contributed by atoms with E-state index in [9.17, 15) is 0 Å². The molecule has 0 spiro atoms. The molecule has 2 heteroatoms. The first kappa shape index (κ1) is 13.6. The molecule has 1 rings (SSSR count). The van der Waals surface area contributed by atoms with Crippen molar-refractivity contribution in [1.29, 1.82) is 5.26 Å². The highest BCUT2D eigenvalue weighted by Crippen LogP contribution is 2.23. The summed E-state index contributed by atoms with van der Waals surface area (Å²) in [5.74, 6) is 0. The van der Waals surface area contributed by atoms with Crippen molar-refractivity contribution < 1.29 is 0 Å². The number of nitrogens with zero attached hydrogens (tertiary/aromatic N) is 1. The molecule has 0 saturated heterocycles. The fourth-order valence-electron chi connectivity index (χ4n) is 1.68. The number of hydrogen-bond donors (Lipinski definition) is 1. The minimum Gasteiger partial charge on any atom is -0.385 e. The van der Waals surface area contributed by atoms with E-state index in [4.69, 9.17) is 5.26 Å². The van der Waals surface area contributed by atoms with Gasteiger partial charge in [-0.3, -0.25) is 0 Å². The zero-order valence-electron chi connectivity index (χ0n) is 11.1. The van der Waals surface area contributed by atoms with Gasteiger partial charge in [-0.1, -0.05) is 32.9 Å². The van der Waals surface area contributed by atoms with Gasteiger partial charge in [-0.15, -0.1) is 0 Å². The van der Waals surface area contributed by atoms with E-state index in [1.54, 1.807) is 0 Å². The molecule has 1 aromatic rings. The van der Waals surface area contributed by atoms with Gasteiger partial charge >= 0.3 is 0 Å². The summed E-state index contributed by atoms with van der Waals surface area (Å²) < 4.78 is 0. The number of anilines is 1. The van der Waals surface area contributed by atoms with Crippen LogP contribution in [0.15, 0.2) is 24.3 Å². The highest BCUT2D eigenvalue weighted by molar-refractivity contribution is 5.44. The summed E-state index contributed by atoms with van der Waals surface area (Å²) >= 11 is 0. The van der Waals surface area contributed by atoms with Gasteiger partial charge in [0.2, 0.25) is 0 Å². The zero-order chi connectivity index (χ0) is 12.7. The first-order valence-corrected chi connectivity index (χ1v) is 6.27. The van der Waals surface area contributed by atoms with E-state index in [0.717, 1.165) is 25.1 Å². The summed E-state index contributed by atoms with van der Waals surface area (Å²) in [6.45, 7) is 7.45. The van der Waals surface area contributed by atoms with Gasteiger partial charge in [-0.25, -0.2) is 0 Å². The van der Waals surface area contributed by atoms with E-state index in [1.165, 1.54) is 5.56 Å². The highest BCUT2D eigenvalue weighted by atomic mass is 14.9. The molecular weight excluding hydrogens is 208 g/mol. The van der Waals surface area contributed by atoms with Crippen LogP contribution in [-0.2, 0) is 6.42 Å². The van der Waals surface area contributed by atoms with Crippen molar-refractivity contribution in [3.05, 3.63) is 29.8 Å². The Labute approximate surface area is 105 Å². The third-order valence-corrected chi connectivity index (χ3v) is 3.05. The molecular formula is C15H22N2. The molecule has 0 atom stereocenters. The molecule has 0 amide bonds. The van der Waals surface area contributed by atoms with Crippen LogP contribution in [-0.4, -0.2) is 6.54 Å².